The van der Waals surface area contributed by atoms with Crippen LogP contribution in [0.25, 0.3) is 0 Å². The van der Waals surface area contributed by atoms with E-state index in [0.29, 0.717) is 12.8 Å². The SMILES string of the molecule is CN(C)C(=O)C[C@@H](N)Cc1nccs1. The van der Waals surface area contributed by atoms with Crippen LogP contribution >= 0.6 is 11.3 Å². The van der Waals surface area contributed by atoms with Gasteiger partial charge in [0.25, 0.3) is 0 Å². The number of thiazole rings is 1. The largest absolute Gasteiger partial charge is 0.349 e. The topological polar surface area (TPSA) is 59.2 Å². The van der Waals surface area contributed by atoms with Crippen LogP contribution in [-0.4, -0.2) is 35.9 Å². The third-order valence-electron chi connectivity index (χ3n) is 1.86. The molecule has 14 heavy (non-hydrogen) atoms. The minimum Gasteiger partial charge on any atom is -0.349 e. The molecule has 0 radical (unpaired) electrons. The molecule has 0 bridgehead atoms. The highest BCUT2D eigenvalue weighted by Crippen LogP contribution is 2.08. The van der Waals surface area contributed by atoms with Gasteiger partial charge in [-0.1, -0.05) is 0 Å². The van der Waals surface area contributed by atoms with Gasteiger partial charge in [0.05, 0.1) is 5.01 Å². The summed E-state index contributed by atoms with van der Waals surface area (Å²) >= 11 is 1.57. The molecule has 1 atom stereocenters. The summed E-state index contributed by atoms with van der Waals surface area (Å²) in [4.78, 5) is 17.0. The zero-order valence-electron chi connectivity index (χ0n) is 8.43. The van der Waals surface area contributed by atoms with Gasteiger partial charge in [0.2, 0.25) is 5.91 Å². The van der Waals surface area contributed by atoms with Gasteiger partial charge in [-0.3, -0.25) is 4.79 Å². The van der Waals surface area contributed by atoms with Crippen LogP contribution in [0.1, 0.15) is 11.4 Å². The van der Waals surface area contributed by atoms with Gasteiger partial charge in [-0.05, 0) is 0 Å². The summed E-state index contributed by atoms with van der Waals surface area (Å²) in [7, 11) is 3.47. The Morgan fingerprint density at radius 1 is 1.71 bits per heavy atom. The van der Waals surface area contributed by atoms with Gasteiger partial charge in [0.15, 0.2) is 0 Å². The van der Waals surface area contributed by atoms with Gasteiger partial charge in [-0.2, -0.15) is 0 Å². The van der Waals surface area contributed by atoms with Crippen LogP contribution in [0, 0.1) is 0 Å². The van der Waals surface area contributed by atoms with Gasteiger partial charge in [0.1, 0.15) is 0 Å². The molecule has 0 saturated carbocycles. The standard InChI is InChI=1S/C9H15N3OS/c1-12(2)9(13)6-7(10)5-8-11-3-4-14-8/h3-4,7H,5-6,10H2,1-2H3/t7-/m0/s1. The molecule has 0 unspecified atom stereocenters. The van der Waals surface area contributed by atoms with E-state index in [0.717, 1.165) is 5.01 Å². The average molecular weight is 213 g/mol. The Labute approximate surface area is 87.7 Å². The van der Waals surface area contributed by atoms with E-state index in [1.807, 2.05) is 5.38 Å². The first kappa shape index (κ1) is 11.1. The Morgan fingerprint density at radius 2 is 2.43 bits per heavy atom. The van der Waals surface area contributed by atoms with Crippen molar-refractivity contribution in [3.8, 4) is 0 Å². The molecule has 0 aliphatic carbocycles. The second-order valence-corrected chi connectivity index (χ2v) is 4.36. The smallest absolute Gasteiger partial charge is 0.223 e. The van der Waals surface area contributed by atoms with E-state index >= 15 is 0 Å². The number of rotatable bonds is 4. The Morgan fingerprint density at radius 3 is 2.93 bits per heavy atom. The maximum absolute atomic E-state index is 11.3. The Kier molecular flexibility index (Phi) is 4.03. The molecular weight excluding hydrogens is 198 g/mol. The molecule has 0 aromatic carbocycles. The number of hydrogen-bond acceptors (Lipinski definition) is 4. The normalized spacial score (nSPS) is 12.5. The van der Waals surface area contributed by atoms with Crippen molar-refractivity contribution in [3.63, 3.8) is 0 Å². The quantitative estimate of drug-likeness (QED) is 0.792. The van der Waals surface area contributed by atoms with E-state index in [-0.39, 0.29) is 11.9 Å². The molecule has 78 valence electrons. The summed E-state index contributed by atoms with van der Waals surface area (Å²) in [6, 6.07) is -0.129. The number of carbonyl (C=O) groups excluding carboxylic acids is 1. The summed E-state index contributed by atoms with van der Waals surface area (Å²) in [5, 5.41) is 2.90. The fourth-order valence-electron chi connectivity index (χ4n) is 1.06. The highest BCUT2D eigenvalue weighted by atomic mass is 32.1. The molecule has 0 aliphatic heterocycles. The summed E-state index contributed by atoms with van der Waals surface area (Å²) in [5.74, 6) is 0.0639. The summed E-state index contributed by atoms with van der Waals surface area (Å²) in [5.41, 5.74) is 5.82. The first-order valence-electron chi connectivity index (χ1n) is 4.43. The second kappa shape index (κ2) is 5.07. The zero-order chi connectivity index (χ0) is 10.6. The number of nitrogens with two attached hydrogens (primary N) is 1. The Balaban J connectivity index is 2.36. The van der Waals surface area contributed by atoms with Crippen LogP contribution in [0.4, 0.5) is 0 Å². The minimum atomic E-state index is -0.129. The lowest BCUT2D eigenvalue weighted by molar-refractivity contribution is -0.129. The van der Waals surface area contributed by atoms with Crippen molar-refractivity contribution in [3.05, 3.63) is 16.6 Å². The summed E-state index contributed by atoms with van der Waals surface area (Å²) in [6.45, 7) is 0. The fourth-order valence-corrected chi connectivity index (χ4v) is 1.77. The summed E-state index contributed by atoms with van der Waals surface area (Å²) < 4.78 is 0. The van der Waals surface area contributed by atoms with Gasteiger partial charge in [-0.25, -0.2) is 4.98 Å². The van der Waals surface area contributed by atoms with Crippen LogP contribution in [0.5, 0.6) is 0 Å². The number of aromatic nitrogens is 1. The van der Waals surface area contributed by atoms with Crippen LogP contribution in [0.15, 0.2) is 11.6 Å². The molecule has 1 heterocycles. The predicted molar refractivity (Wildman–Crippen MR) is 57.1 cm³/mol. The first-order valence-corrected chi connectivity index (χ1v) is 5.31. The second-order valence-electron chi connectivity index (χ2n) is 3.38. The number of hydrogen-bond donors (Lipinski definition) is 1. The van der Waals surface area contributed by atoms with Crippen molar-refractivity contribution < 1.29 is 4.79 Å². The Bertz CT molecular complexity index is 284. The van der Waals surface area contributed by atoms with Crippen molar-refractivity contribution >= 4 is 17.2 Å². The lowest BCUT2D eigenvalue weighted by Crippen LogP contribution is -2.32. The zero-order valence-corrected chi connectivity index (χ0v) is 9.25. The number of amides is 1. The van der Waals surface area contributed by atoms with Gasteiger partial charge < -0.3 is 10.6 Å². The maximum Gasteiger partial charge on any atom is 0.223 e. The number of nitrogens with zero attached hydrogens (tertiary/aromatic N) is 2. The third-order valence-corrected chi connectivity index (χ3v) is 2.66. The highest BCUT2D eigenvalue weighted by molar-refractivity contribution is 7.09. The highest BCUT2D eigenvalue weighted by Gasteiger charge is 2.12. The van der Waals surface area contributed by atoms with E-state index in [4.69, 9.17) is 5.73 Å². The third kappa shape index (κ3) is 3.43. The molecule has 0 aliphatic rings. The Hall–Kier alpha value is -0.940. The minimum absolute atomic E-state index is 0.0639. The molecule has 1 aromatic heterocycles. The van der Waals surface area contributed by atoms with Crippen LogP contribution in [0.2, 0.25) is 0 Å². The molecule has 0 fully saturated rings. The maximum atomic E-state index is 11.3. The van der Waals surface area contributed by atoms with Crippen molar-refractivity contribution in [2.45, 2.75) is 18.9 Å². The molecule has 4 nitrogen and oxygen atoms in total. The van der Waals surface area contributed by atoms with E-state index in [2.05, 4.69) is 4.98 Å². The van der Waals surface area contributed by atoms with Crippen LogP contribution in [-0.2, 0) is 11.2 Å². The van der Waals surface area contributed by atoms with Gasteiger partial charge in [0, 0.05) is 44.6 Å². The van der Waals surface area contributed by atoms with Crippen molar-refractivity contribution in [2.24, 2.45) is 5.73 Å². The molecule has 1 aromatic rings. The van der Waals surface area contributed by atoms with Crippen LogP contribution in [0.3, 0.4) is 0 Å². The van der Waals surface area contributed by atoms with Crippen molar-refractivity contribution in [1.82, 2.24) is 9.88 Å². The molecule has 1 rings (SSSR count). The van der Waals surface area contributed by atoms with Crippen molar-refractivity contribution in [1.29, 1.82) is 0 Å². The molecule has 1 amide bonds. The fraction of sp³-hybridized carbons (Fsp3) is 0.556. The molecule has 0 saturated heterocycles. The van der Waals surface area contributed by atoms with Gasteiger partial charge in [-0.15, -0.1) is 11.3 Å². The summed E-state index contributed by atoms with van der Waals surface area (Å²) in [6.07, 6.45) is 2.81. The monoisotopic (exact) mass is 213 g/mol. The average Bonchev–Trinajstić information content (AvgIpc) is 2.56. The van der Waals surface area contributed by atoms with Crippen molar-refractivity contribution in [2.75, 3.05) is 14.1 Å². The van der Waals surface area contributed by atoms with Gasteiger partial charge >= 0.3 is 0 Å². The molecular formula is C9H15N3OS. The lowest BCUT2D eigenvalue weighted by atomic mass is 10.1. The number of carbonyl (C=O) groups is 1. The lowest BCUT2D eigenvalue weighted by Gasteiger charge is -2.13. The first-order chi connectivity index (χ1) is 6.59. The van der Waals surface area contributed by atoms with E-state index < -0.39 is 0 Å². The molecule has 0 spiro atoms. The van der Waals surface area contributed by atoms with E-state index in [1.165, 1.54) is 0 Å². The molecule has 5 heteroatoms. The van der Waals surface area contributed by atoms with E-state index in [9.17, 15) is 4.79 Å². The predicted octanol–water partition coefficient (Wildman–Crippen LogP) is 0.491. The molecule has 2 N–H and O–H groups in total. The van der Waals surface area contributed by atoms with Crippen LogP contribution < -0.4 is 5.73 Å². The van der Waals surface area contributed by atoms with E-state index in [1.54, 1.807) is 36.5 Å².